The van der Waals surface area contributed by atoms with E-state index in [1.807, 2.05) is 0 Å². The zero-order chi connectivity index (χ0) is 10.4. The molecule has 1 rings (SSSR count). The van der Waals surface area contributed by atoms with Crippen LogP contribution in [-0.4, -0.2) is 22.6 Å². The average molecular weight is 215 g/mol. The summed E-state index contributed by atoms with van der Waals surface area (Å²) in [6, 6.07) is 0.243. The Balaban J connectivity index is 2.57. The Morgan fingerprint density at radius 2 is 2.36 bits per heavy atom. The first-order valence-corrected chi connectivity index (χ1v) is 5.08. The van der Waals surface area contributed by atoms with Crippen LogP contribution in [0.1, 0.15) is 19.8 Å². The molecule has 3 N–H and O–H groups in total. The number of anilines is 1. The number of nitrogens with two attached hydrogens (primary N) is 1. The average Bonchev–Trinajstić information content (AvgIpc) is 2.17. The largest absolute Gasteiger partial charge is 0.365 e. The summed E-state index contributed by atoms with van der Waals surface area (Å²) in [5, 5.41) is 3.58. The molecule has 1 unspecified atom stereocenters. The maximum Gasteiger partial charge on any atom is 0.149 e. The summed E-state index contributed by atoms with van der Waals surface area (Å²) in [7, 11) is 0. The Morgan fingerprint density at radius 1 is 1.57 bits per heavy atom. The minimum atomic E-state index is 0.243. The molecule has 4 nitrogen and oxygen atoms in total. The van der Waals surface area contributed by atoms with Gasteiger partial charge in [-0.15, -0.1) is 0 Å². The van der Waals surface area contributed by atoms with Crippen LogP contribution in [0.5, 0.6) is 0 Å². The van der Waals surface area contributed by atoms with Crippen molar-refractivity contribution in [1.29, 1.82) is 0 Å². The predicted molar refractivity (Wildman–Crippen MR) is 58.4 cm³/mol. The second-order valence-corrected chi connectivity index (χ2v) is 3.48. The molecule has 0 aliphatic carbocycles. The third kappa shape index (κ3) is 3.47. The minimum absolute atomic E-state index is 0.243. The Kier molecular flexibility index (Phi) is 4.62. The van der Waals surface area contributed by atoms with Crippen molar-refractivity contribution in [2.45, 2.75) is 25.8 Å². The molecule has 0 aromatic carbocycles. The van der Waals surface area contributed by atoms with Gasteiger partial charge in [-0.3, -0.25) is 4.98 Å². The van der Waals surface area contributed by atoms with Crippen molar-refractivity contribution in [1.82, 2.24) is 9.97 Å². The number of halogens is 1. The van der Waals surface area contributed by atoms with Crippen LogP contribution in [0.15, 0.2) is 12.4 Å². The second-order valence-electron chi connectivity index (χ2n) is 3.09. The standard InChI is InChI=1S/C9H15ClN4/c1-2-3-7(4-11)13-9-6-12-5-8(10)14-9/h5-7H,2-4,11H2,1H3,(H,13,14). The minimum Gasteiger partial charge on any atom is -0.365 e. The molecule has 0 spiro atoms. The molecular weight excluding hydrogens is 200 g/mol. The van der Waals surface area contributed by atoms with Gasteiger partial charge in [0.1, 0.15) is 11.0 Å². The highest BCUT2D eigenvalue weighted by Crippen LogP contribution is 2.09. The van der Waals surface area contributed by atoms with E-state index < -0.39 is 0 Å². The molecule has 14 heavy (non-hydrogen) atoms. The molecule has 78 valence electrons. The lowest BCUT2D eigenvalue weighted by molar-refractivity contribution is 0.645. The van der Waals surface area contributed by atoms with Gasteiger partial charge in [-0.2, -0.15) is 0 Å². The van der Waals surface area contributed by atoms with Gasteiger partial charge < -0.3 is 11.1 Å². The van der Waals surface area contributed by atoms with E-state index in [0.29, 0.717) is 17.5 Å². The summed E-state index contributed by atoms with van der Waals surface area (Å²) in [4.78, 5) is 8.01. The van der Waals surface area contributed by atoms with Gasteiger partial charge >= 0.3 is 0 Å². The highest BCUT2D eigenvalue weighted by Gasteiger charge is 2.05. The molecule has 0 saturated heterocycles. The van der Waals surface area contributed by atoms with Gasteiger partial charge in [0.05, 0.1) is 12.4 Å². The summed E-state index contributed by atoms with van der Waals surface area (Å²) in [6.45, 7) is 2.70. The molecule has 1 atom stereocenters. The van der Waals surface area contributed by atoms with Crippen molar-refractivity contribution in [2.75, 3.05) is 11.9 Å². The molecule has 1 aromatic heterocycles. The highest BCUT2D eigenvalue weighted by atomic mass is 35.5. The topological polar surface area (TPSA) is 63.8 Å². The summed E-state index contributed by atoms with van der Waals surface area (Å²) in [5.74, 6) is 0.682. The fourth-order valence-corrected chi connectivity index (χ4v) is 1.37. The Hall–Kier alpha value is -0.870. The fourth-order valence-electron chi connectivity index (χ4n) is 1.22. The fraction of sp³-hybridized carbons (Fsp3) is 0.556. The first-order chi connectivity index (χ1) is 6.76. The maximum atomic E-state index is 5.70. The molecule has 1 heterocycles. The van der Waals surface area contributed by atoms with E-state index in [0.717, 1.165) is 12.8 Å². The van der Waals surface area contributed by atoms with Gasteiger partial charge in [-0.1, -0.05) is 24.9 Å². The monoisotopic (exact) mass is 214 g/mol. The summed E-state index contributed by atoms with van der Waals surface area (Å²) in [5.41, 5.74) is 5.60. The molecule has 0 aliphatic heterocycles. The first kappa shape index (κ1) is 11.2. The Morgan fingerprint density at radius 3 is 2.93 bits per heavy atom. The summed E-state index contributed by atoms with van der Waals surface area (Å²) in [6.07, 6.45) is 5.25. The van der Waals surface area contributed by atoms with E-state index in [9.17, 15) is 0 Å². The third-order valence-corrected chi connectivity index (χ3v) is 2.06. The van der Waals surface area contributed by atoms with Crippen LogP contribution in [0, 0.1) is 0 Å². The van der Waals surface area contributed by atoms with Crippen LogP contribution in [0.25, 0.3) is 0 Å². The van der Waals surface area contributed by atoms with Crippen molar-refractivity contribution in [2.24, 2.45) is 5.73 Å². The van der Waals surface area contributed by atoms with Gasteiger partial charge in [0.2, 0.25) is 0 Å². The lowest BCUT2D eigenvalue weighted by Crippen LogP contribution is -2.29. The van der Waals surface area contributed by atoms with Gasteiger partial charge in [-0.25, -0.2) is 4.98 Å². The molecule has 0 radical (unpaired) electrons. The van der Waals surface area contributed by atoms with E-state index in [1.54, 1.807) is 6.20 Å². The molecule has 5 heteroatoms. The normalized spacial score (nSPS) is 12.5. The summed E-state index contributed by atoms with van der Waals surface area (Å²) < 4.78 is 0. The SMILES string of the molecule is CCCC(CN)Nc1cncc(Cl)n1. The van der Waals surface area contributed by atoms with Crippen LogP contribution in [0.4, 0.5) is 5.82 Å². The molecule has 1 aromatic rings. The molecular formula is C9H15ClN4. The van der Waals surface area contributed by atoms with Crippen molar-refractivity contribution < 1.29 is 0 Å². The predicted octanol–water partition coefficient (Wildman–Crippen LogP) is 1.67. The van der Waals surface area contributed by atoms with Crippen molar-refractivity contribution in [3.05, 3.63) is 17.5 Å². The van der Waals surface area contributed by atoms with Crippen LogP contribution in [0.2, 0.25) is 5.15 Å². The lowest BCUT2D eigenvalue weighted by atomic mass is 10.2. The highest BCUT2D eigenvalue weighted by molar-refractivity contribution is 6.29. The van der Waals surface area contributed by atoms with Gasteiger partial charge in [0.15, 0.2) is 0 Å². The zero-order valence-corrected chi connectivity index (χ0v) is 8.96. The summed E-state index contributed by atoms with van der Waals surface area (Å²) >= 11 is 5.70. The number of hydrogen-bond acceptors (Lipinski definition) is 4. The quantitative estimate of drug-likeness (QED) is 0.783. The van der Waals surface area contributed by atoms with Crippen molar-refractivity contribution >= 4 is 17.4 Å². The molecule has 0 fully saturated rings. The van der Waals surface area contributed by atoms with Gasteiger partial charge in [-0.05, 0) is 6.42 Å². The van der Waals surface area contributed by atoms with E-state index in [2.05, 4.69) is 22.2 Å². The van der Waals surface area contributed by atoms with Gasteiger partial charge in [0, 0.05) is 12.6 Å². The third-order valence-electron chi connectivity index (χ3n) is 1.88. The smallest absolute Gasteiger partial charge is 0.149 e. The number of nitrogens with zero attached hydrogens (tertiary/aromatic N) is 2. The van der Waals surface area contributed by atoms with Gasteiger partial charge in [0.25, 0.3) is 0 Å². The Bertz CT molecular complexity index is 279. The van der Waals surface area contributed by atoms with E-state index >= 15 is 0 Å². The van der Waals surface area contributed by atoms with E-state index in [4.69, 9.17) is 17.3 Å². The number of nitrogens with one attached hydrogen (secondary N) is 1. The first-order valence-electron chi connectivity index (χ1n) is 4.70. The zero-order valence-electron chi connectivity index (χ0n) is 8.20. The van der Waals surface area contributed by atoms with Crippen molar-refractivity contribution in [3.63, 3.8) is 0 Å². The molecule has 0 amide bonds. The molecule has 0 bridgehead atoms. The number of hydrogen-bond donors (Lipinski definition) is 2. The van der Waals surface area contributed by atoms with Crippen LogP contribution >= 0.6 is 11.6 Å². The van der Waals surface area contributed by atoms with Crippen LogP contribution in [-0.2, 0) is 0 Å². The maximum absolute atomic E-state index is 5.70. The lowest BCUT2D eigenvalue weighted by Gasteiger charge is -2.15. The van der Waals surface area contributed by atoms with Crippen LogP contribution < -0.4 is 11.1 Å². The second kappa shape index (κ2) is 5.78. The van der Waals surface area contributed by atoms with Crippen molar-refractivity contribution in [3.8, 4) is 0 Å². The van der Waals surface area contributed by atoms with Crippen LogP contribution in [0.3, 0.4) is 0 Å². The number of aromatic nitrogens is 2. The van der Waals surface area contributed by atoms with E-state index in [-0.39, 0.29) is 6.04 Å². The Labute approximate surface area is 88.9 Å². The molecule has 0 saturated carbocycles. The van der Waals surface area contributed by atoms with E-state index in [1.165, 1.54) is 6.20 Å². The number of rotatable bonds is 5. The molecule has 0 aliphatic rings.